The molecule has 18 aromatic carbocycles. The van der Waals surface area contributed by atoms with Gasteiger partial charge in [-0.1, -0.05) is 376 Å². The number of anilines is 6. The van der Waals surface area contributed by atoms with Gasteiger partial charge in [-0.2, -0.15) is 0 Å². The van der Waals surface area contributed by atoms with Crippen molar-refractivity contribution in [2.45, 2.75) is 0 Å². The fraction of sp³-hybridized carbons (Fsp3) is 0. The first kappa shape index (κ1) is 70.0. The predicted octanol–water partition coefficient (Wildman–Crippen LogP) is 29.0. The van der Waals surface area contributed by atoms with Crippen LogP contribution in [0.25, 0.3) is 179 Å². The van der Waals surface area contributed by atoms with Gasteiger partial charge in [0.05, 0.1) is 22.7 Å². The van der Waals surface area contributed by atoms with Crippen LogP contribution in [0.5, 0.6) is 0 Å². The summed E-state index contributed by atoms with van der Waals surface area (Å²) in [6, 6.07) is 154. The Morgan fingerprint density at radius 2 is 0.364 bits per heavy atom. The average molecular weight is 1510 g/mol. The molecule has 0 N–H and O–H groups in total. The third kappa shape index (κ3) is 13.1. The molecule has 8 heteroatoms. The Bertz CT molecular complexity index is 6970. The molecule has 8 nitrogen and oxygen atoms in total. The zero-order chi connectivity index (χ0) is 78.2. The van der Waals surface area contributed by atoms with Crippen LogP contribution in [-0.4, -0.2) is 29.9 Å². The Morgan fingerprint density at radius 3 is 0.737 bits per heavy atom. The third-order valence-corrected chi connectivity index (χ3v) is 22.6. The minimum Gasteiger partial charge on any atom is -0.309 e. The van der Waals surface area contributed by atoms with Gasteiger partial charge in [0, 0.05) is 67.0 Å². The lowest BCUT2D eigenvalue weighted by Gasteiger charge is -2.32. The first-order valence-corrected chi connectivity index (χ1v) is 39.9. The molecule has 0 atom stereocenters. The first-order valence-electron chi connectivity index (χ1n) is 39.9. The molecule has 0 spiro atoms. The highest BCUT2D eigenvalue weighted by molar-refractivity contribution is 6.18. The lowest BCUT2D eigenvalue weighted by atomic mass is 9.85. The summed E-state index contributed by atoms with van der Waals surface area (Å²) in [5.74, 6) is 3.83. The third-order valence-electron chi connectivity index (χ3n) is 22.6. The molecule has 2 aliphatic rings. The van der Waals surface area contributed by atoms with E-state index in [1.807, 2.05) is 84.9 Å². The maximum Gasteiger partial charge on any atom is 0.164 e. The van der Waals surface area contributed by atoms with Crippen LogP contribution in [0.4, 0.5) is 34.1 Å². The first-order chi connectivity index (χ1) is 58.5. The molecule has 0 amide bonds. The van der Waals surface area contributed by atoms with E-state index < -0.39 is 0 Å². The second-order valence-electron chi connectivity index (χ2n) is 29.6. The Hall–Kier alpha value is -15.9. The molecule has 0 fully saturated rings. The van der Waals surface area contributed by atoms with Crippen molar-refractivity contribution in [2.24, 2.45) is 0 Å². The van der Waals surface area contributed by atoms with Gasteiger partial charge in [-0.05, 0) is 149 Å². The minimum atomic E-state index is 0.632. The van der Waals surface area contributed by atoms with E-state index >= 15 is 0 Å². The summed E-state index contributed by atoms with van der Waals surface area (Å²) in [6.07, 6.45) is 0. The zero-order valence-corrected chi connectivity index (χ0v) is 64.1. The van der Waals surface area contributed by atoms with Crippen molar-refractivity contribution in [1.82, 2.24) is 29.9 Å². The standard InChI is InChI=1S/2C55H36N4/c1-4-16-37(17-5-1)38-30-32-43(33-31-38)59-50-28-12-10-24-45(50)48-27-15-26-47-44(34-35-49(52(47)48)46-25-11-13-29-51(46)59)41-22-14-23-42(36-41)55-57-53(39-18-6-2-7-19-39)56-54(58-55)40-20-8-3-9-21-40;1-4-15-37(16-5-1)39-27-29-42(30-28-39)54-56-53(41-19-8-3-9-20-41)57-55(58-54)49-36-35-48-45-22-11-13-26-51(45)59(43-33-31-40(32-34-43)38-17-6-2-7-18-38)50-25-12-10-21-44(50)46-23-14-24-47(49)52(46)48/h2*1-36H. The lowest BCUT2D eigenvalue weighted by Crippen LogP contribution is -2.13. The number of nitrogens with zero attached hydrogens (tertiary/aromatic N) is 8. The van der Waals surface area contributed by atoms with Gasteiger partial charge >= 0.3 is 0 Å². The highest BCUT2D eigenvalue weighted by atomic mass is 15.2. The Balaban J connectivity index is 0.000000147. The molecule has 0 saturated heterocycles. The van der Waals surface area contributed by atoms with Gasteiger partial charge < -0.3 is 9.80 Å². The molecule has 0 radical (unpaired) electrons. The molecule has 0 aliphatic carbocycles. The number of aromatic nitrogens is 6. The highest BCUT2D eigenvalue weighted by Gasteiger charge is 2.30. The van der Waals surface area contributed by atoms with Crippen molar-refractivity contribution in [3.63, 3.8) is 0 Å². The van der Waals surface area contributed by atoms with Gasteiger partial charge in [0.2, 0.25) is 0 Å². The SMILES string of the molecule is c1ccc(-c2ccc(-c3nc(-c4ccccc4)nc(-c4ccc5c6c(cccc46)-c4ccccc4N(c4ccc(-c6ccccc6)cc4)c4ccccc4-5)n3)cc2)cc1.c1ccc(-c2ccc(N3c4ccccc4-c4cccc5c(-c6cccc(-c7nc(-c8ccccc8)nc(-c8ccccc8)n7)c6)ccc(c45)-c4ccccc43)cc2)cc1. The monoisotopic (exact) mass is 1500 g/mol. The van der Waals surface area contributed by atoms with Crippen LogP contribution >= 0.6 is 0 Å². The van der Waals surface area contributed by atoms with Crippen LogP contribution < -0.4 is 9.80 Å². The fourth-order valence-corrected chi connectivity index (χ4v) is 17.0. The summed E-state index contributed by atoms with van der Waals surface area (Å²) in [5, 5.41) is 4.67. The Labute approximate surface area is 685 Å². The Kier molecular flexibility index (Phi) is 18.1. The van der Waals surface area contributed by atoms with E-state index in [0.29, 0.717) is 34.9 Å². The number of fused-ring (bicyclic) bond motifs is 8. The lowest BCUT2D eigenvalue weighted by molar-refractivity contribution is 1.07. The number of hydrogen-bond acceptors (Lipinski definition) is 8. The molecule has 2 aromatic heterocycles. The zero-order valence-electron chi connectivity index (χ0n) is 64.1. The number of rotatable bonds is 12. The Morgan fingerprint density at radius 1 is 0.136 bits per heavy atom. The summed E-state index contributed by atoms with van der Waals surface area (Å²) in [7, 11) is 0. The summed E-state index contributed by atoms with van der Waals surface area (Å²) >= 11 is 0. The maximum absolute atomic E-state index is 5.24. The normalized spacial score (nSPS) is 11.7. The van der Waals surface area contributed by atoms with Crippen LogP contribution in [0.2, 0.25) is 0 Å². The van der Waals surface area contributed by atoms with Crippen molar-refractivity contribution in [2.75, 3.05) is 9.80 Å². The van der Waals surface area contributed by atoms with Gasteiger partial charge in [0.25, 0.3) is 0 Å². The van der Waals surface area contributed by atoms with Crippen LogP contribution in [0, 0.1) is 0 Å². The summed E-state index contributed by atoms with van der Waals surface area (Å²) in [4.78, 5) is 35.3. The molecule has 552 valence electrons. The largest absolute Gasteiger partial charge is 0.309 e. The summed E-state index contributed by atoms with van der Waals surface area (Å²) in [6.45, 7) is 0. The average Bonchev–Trinajstić information content (AvgIpc) is 0.727. The molecule has 4 heterocycles. The number of hydrogen-bond donors (Lipinski definition) is 0. The molecule has 22 rings (SSSR count). The quantitative estimate of drug-likeness (QED) is 0.120. The van der Waals surface area contributed by atoms with E-state index in [1.165, 1.54) is 66.2 Å². The van der Waals surface area contributed by atoms with Gasteiger partial charge in [-0.15, -0.1) is 0 Å². The summed E-state index contributed by atoms with van der Waals surface area (Å²) in [5.41, 5.74) is 31.1. The minimum absolute atomic E-state index is 0.632. The van der Waals surface area contributed by atoms with Crippen molar-refractivity contribution in [3.05, 3.63) is 437 Å². The molecular formula is C110H72N8. The van der Waals surface area contributed by atoms with Crippen molar-refractivity contribution >= 4 is 55.7 Å². The van der Waals surface area contributed by atoms with E-state index in [-0.39, 0.29) is 0 Å². The van der Waals surface area contributed by atoms with Gasteiger partial charge in [0.1, 0.15) is 0 Å². The summed E-state index contributed by atoms with van der Waals surface area (Å²) < 4.78 is 0. The molecule has 20 aromatic rings. The number of para-hydroxylation sites is 4. The van der Waals surface area contributed by atoms with E-state index in [1.54, 1.807) is 0 Å². The molecule has 0 bridgehead atoms. The highest BCUT2D eigenvalue weighted by Crippen LogP contribution is 2.55. The molecule has 0 unspecified atom stereocenters. The molecular weight excluding hydrogens is 1430 g/mol. The molecule has 0 saturated carbocycles. The fourth-order valence-electron chi connectivity index (χ4n) is 17.0. The smallest absolute Gasteiger partial charge is 0.164 e. The van der Waals surface area contributed by atoms with Crippen molar-refractivity contribution in [3.8, 4) is 157 Å². The van der Waals surface area contributed by atoms with E-state index in [4.69, 9.17) is 29.9 Å². The number of benzene rings is 18. The van der Waals surface area contributed by atoms with Gasteiger partial charge in [-0.3, -0.25) is 0 Å². The molecule has 2 aliphatic heterocycles. The maximum atomic E-state index is 5.24. The van der Waals surface area contributed by atoms with E-state index in [0.717, 1.165) is 112 Å². The van der Waals surface area contributed by atoms with Crippen molar-refractivity contribution in [1.29, 1.82) is 0 Å². The van der Waals surface area contributed by atoms with Crippen LogP contribution in [-0.2, 0) is 0 Å². The molecule has 118 heavy (non-hydrogen) atoms. The van der Waals surface area contributed by atoms with E-state index in [9.17, 15) is 0 Å². The second kappa shape index (κ2) is 30.5. The van der Waals surface area contributed by atoms with Crippen molar-refractivity contribution < 1.29 is 0 Å². The van der Waals surface area contributed by atoms with Crippen LogP contribution in [0.3, 0.4) is 0 Å². The van der Waals surface area contributed by atoms with E-state index in [2.05, 4.69) is 362 Å². The second-order valence-corrected chi connectivity index (χ2v) is 29.6. The van der Waals surface area contributed by atoms with Crippen LogP contribution in [0.15, 0.2) is 437 Å². The topological polar surface area (TPSA) is 83.8 Å². The predicted molar refractivity (Wildman–Crippen MR) is 487 cm³/mol. The van der Waals surface area contributed by atoms with Gasteiger partial charge in [-0.25, -0.2) is 29.9 Å². The van der Waals surface area contributed by atoms with Crippen LogP contribution in [0.1, 0.15) is 0 Å². The van der Waals surface area contributed by atoms with Gasteiger partial charge in [0.15, 0.2) is 34.9 Å².